The molecule has 1 saturated heterocycles. The zero-order chi connectivity index (χ0) is 8.55. The van der Waals surface area contributed by atoms with Crippen LogP contribution in [-0.4, -0.2) is 27.9 Å². The number of anilines is 1. The topological polar surface area (TPSA) is 34.0 Å². The van der Waals surface area contributed by atoms with Gasteiger partial charge in [0.1, 0.15) is 0 Å². The molecule has 0 unspecified atom stereocenters. The number of nitrogens with zero attached hydrogens (tertiary/aromatic N) is 4. The van der Waals surface area contributed by atoms with E-state index in [9.17, 15) is 0 Å². The summed E-state index contributed by atoms with van der Waals surface area (Å²) < 4.78 is 2.49. The smallest absolute Gasteiger partial charge is 0.224 e. The Morgan fingerprint density at radius 2 is 2.00 bits per heavy atom. The molecular formula is C7H11BrN4. The van der Waals surface area contributed by atoms with E-state index in [4.69, 9.17) is 0 Å². The number of hydrogen-bond donors (Lipinski definition) is 0. The highest BCUT2D eigenvalue weighted by atomic mass is 79.9. The Hall–Kier alpha value is -0.580. The zero-order valence-electron chi connectivity index (χ0n) is 7.00. The van der Waals surface area contributed by atoms with Gasteiger partial charge in [-0.15, -0.1) is 5.10 Å². The van der Waals surface area contributed by atoms with Crippen LogP contribution < -0.4 is 4.90 Å². The molecule has 0 N–H and O–H groups in total. The molecule has 66 valence electrons. The van der Waals surface area contributed by atoms with E-state index in [1.54, 1.807) is 0 Å². The van der Waals surface area contributed by atoms with Crippen LogP contribution in [0.5, 0.6) is 0 Å². The van der Waals surface area contributed by atoms with Crippen molar-refractivity contribution in [1.29, 1.82) is 0 Å². The highest BCUT2D eigenvalue weighted by Gasteiger charge is 2.17. The van der Waals surface area contributed by atoms with Crippen LogP contribution in [0.15, 0.2) is 4.73 Å². The fraction of sp³-hybridized carbons (Fsp3) is 0.714. The summed E-state index contributed by atoms with van der Waals surface area (Å²) in [5.41, 5.74) is 0. The monoisotopic (exact) mass is 230 g/mol. The molecule has 0 amide bonds. The molecule has 1 fully saturated rings. The molecule has 1 aliphatic heterocycles. The third-order valence-electron chi connectivity index (χ3n) is 2.10. The summed E-state index contributed by atoms with van der Waals surface area (Å²) >= 11 is 3.26. The van der Waals surface area contributed by atoms with E-state index in [0.29, 0.717) is 4.73 Å². The molecule has 0 atom stereocenters. The lowest BCUT2D eigenvalue weighted by molar-refractivity contribution is 0.731. The van der Waals surface area contributed by atoms with Crippen molar-refractivity contribution in [3.05, 3.63) is 4.73 Å². The van der Waals surface area contributed by atoms with Crippen LogP contribution in [0.2, 0.25) is 0 Å². The van der Waals surface area contributed by atoms with Crippen LogP contribution in [0.4, 0.5) is 5.95 Å². The molecule has 0 bridgehead atoms. The van der Waals surface area contributed by atoms with Gasteiger partial charge in [-0.05, 0) is 28.8 Å². The Labute approximate surface area is 79.7 Å². The number of halogens is 1. The average molecular weight is 231 g/mol. The highest BCUT2D eigenvalue weighted by Crippen LogP contribution is 2.18. The first-order valence-corrected chi connectivity index (χ1v) is 4.88. The van der Waals surface area contributed by atoms with Gasteiger partial charge in [0.05, 0.1) is 0 Å². The second kappa shape index (κ2) is 3.05. The van der Waals surface area contributed by atoms with Crippen molar-refractivity contribution < 1.29 is 0 Å². The Bertz CT molecular complexity index is 277. The van der Waals surface area contributed by atoms with Crippen molar-refractivity contribution in [3.8, 4) is 0 Å². The first kappa shape index (κ1) is 8.04. The molecule has 0 aromatic carbocycles. The highest BCUT2D eigenvalue weighted by molar-refractivity contribution is 9.10. The van der Waals surface area contributed by atoms with Crippen molar-refractivity contribution >= 4 is 21.9 Å². The second-order valence-corrected chi connectivity index (χ2v) is 3.71. The summed E-state index contributed by atoms with van der Waals surface area (Å²) in [5, 5.41) is 4.14. The fourth-order valence-electron chi connectivity index (χ4n) is 1.54. The van der Waals surface area contributed by atoms with E-state index in [1.807, 2.05) is 11.7 Å². The second-order valence-electron chi connectivity index (χ2n) is 3.00. The van der Waals surface area contributed by atoms with Crippen LogP contribution in [0.25, 0.3) is 0 Å². The van der Waals surface area contributed by atoms with Crippen LogP contribution in [0.1, 0.15) is 12.8 Å². The average Bonchev–Trinajstić information content (AvgIpc) is 2.58. The lowest BCUT2D eigenvalue weighted by Crippen LogP contribution is -2.21. The molecular weight excluding hydrogens is 220 g/mol. The van der Waals surface area contributed by atoms with Crippen molar-refractivity contribution in [2.45, 2.75) is 12.8 Å². The molecule has 0 aliphatic carbocycles. The molecule has 2 rings (SSSR count). The van der Waals surface area contributed by atoms with Crippen molar-refractivity contribution in [1.82, 2.24) is 14.8 Å². The maximum atomic E-state index is 4.29. The molecule has 0 spiro atoms. The van der Waals surface area contributed by atoms with E-state index in [-0.39, 0.29) is 0 Å². The largest absolute Gasteiger partial charge is 0.341 e. The standard InChI is InChI=1S/C7H11BrN4/c1-11-7(9-6(8)10-11)12-4-2-3-5-12/h2-5H2,1H3. The lowest BCUT2D eigenvalue weighted by Gasteiger charge is -2.14. The molecule has 4 nitrogen and oxygen atoms in total. The Kier molecular flexibility index (Phi) is 2.04. The third-order valence-corrected chi connectivity index (χ3v) is 2.44. The van der Waals surface area contributed by atoms with Gasteiger partial charge in [0.25, 0.3) is 0 Å². The third kappa shape index (κ3) is 1.33. The van der Waals surface area contributed by atoms with Crippen LogP contribution in [0.3, 0.4) is 0 Å². The molecule has 0 radical (unpaired) electrons. The summed E-state index contributed by atoms with van der Waals surface area (Å²) in [5.74, 6) is 0.972. The zero-order valence-corrected chi connectivity index (χ0v) is 8.58. The molecule has 2 heterocycles. The minimum absolute atomic E-state index is 0.673. The predicted octanol–water partition coefficient (Wildman–Crippen LogP) is 1.18. The van der Waals surface area contributed by atoms with E-state index < -0.39 is 0 Å². The molecule has 5 heteroatoms. The minimum atomic E-state index is 0.673. The minimum Gasteiger partial charge on any atom is -0.341 e. The van der Waals surface area contributed by atoms with Crippen LogP contribution in [-0.2, 0) is 7.05 Å². The first-order chi connectivity index (χ1) is 5.77. The van der Waals surface area contributed by atoms with Gasteiger partial charge >= 0.3 is 0 Å². The number of aryl methyl sites for hydroxylation is 1. The number of rotatable bonds is 1. The Morgan fingerprint density at radius 1 is 1.33 bits per heavy atom. The summed E-state index contributed by atoms with van der Waals surface area (Å²) in [7, 11) is 1.92. The lowest BCUT2D eigenvalue weighted by atomic mass is 10.4. The first-order valence-electron chi connectivity index (χ1n) is 4.09. The SMILES string of the molecule is Cn1nc(Br)nc1N1CCCC1. The maximum absolute atomic E-state index is 4.29. The normalized spacial score (nSPS) is 17.3. The molecule has 1 aromatic rings. The van der Waals surface area contributed by atoms with Gasteiger partial charge in [-0.3, -0.25) is 0 Å². The van der Waals surface area contributed by atoms with Crippen LogP contribution in [0, 0.1) is 0 Å². The van der Waals surface area contributed by atoms with Crippen molar-refractivity contribution in [2.24, 2.45) is 7.05 Å². The number of hydrogen-bond acceptors (Lipinski definition) is 3. The van der Waals surface area contributed by atoms with Gasteiger partial charge in [0.2, 0.25) is 10.7 Å². The van der Waals surface area contributed by atoms with E-state index in [1.165, 1.54) is 12.8 Å². The summed E-state index contributed by atoms with van der Waals surface area (Å²) in [6, 6.07) is 0. The Balaban J connectivity index is 2.25. The van der Waals surface area contributed by atoms with Gasteiger partial charge < -0.3 is 4.90 Å². The van der Waals surface area contributed by atoms with Gasteiger partial charge in [-0.2, -0.15) is 4.98 Å². The Morgan fingerprint density at radius 3 is 2.50 bits per heavy atom. The number of aromatic nitrogens is 3. The molecule has 1 aliphatic rings. The van der Waals surface area contributed by atoms with Crippen molar-refractivity contribution in [2.75, 3.05) is 18.0 Å². The fourth-order valence-corrected chi connectivity index (χ4v) is 1.93. The van der Waals surface area contributed by atoms with Gasteiger partial charge in [-0.1, -0.05) is 0 Å². The van der Waals surface area contributed by atoms with Gasteiger partial charge in [0.15, 0.2) is 0 Å². The summed E-state index contributed by atoms with van der Waals surface area (Å²) in [4.78, 5) is 6.55. The maximum Gasteiger partial charge on any atom is 0.224 e. The van der Waals surface area contributed by atoms with E-state index in [2.05, 4.69) is 30.9 Å². The quantitative estimate of drug-likeness (QED) is 0.727. The van der Waals surface area contributed by atoms with E-state index in [0.717, 1.165) is 19.0 Å². The van der Waals surface area contributed by atoms with Gasteiger partial charge in [-0.25, -0.2) is 4.68 Å². The van der Waals surface area contributed by atoms with Gasteiger partial charge in [0, 0.05) is 20.1 Å². The summed E-state index contributed by atoms with van der Waals surface area (Å²) in [6.07, 6.45) is 2.54. The molecule has 0 saturated carbocycles. The summed E-state index contributed by atoms with van der Waals surface area (Å²) in [6.45, 7) is 2.22. The van der Waals surface area contributed by atoms with Crippen molar-refractivity contribution in [3.63, 3.8) is 0 Å². The van der Waals surface area contributed by atoms with Crippen LogP contribution >= 0.6 is 15.9 Å². The molecule has 12 heavy (non-hydrogen) atoms. The predicted molar refractivity (Wildman–Crippen MR) is 50.2 cm³/mol. The molecule has 1 aromatic heterocycles. The van der Waals surface area contributed by atoms with E-state index >= 15 is 0 Å².